The summed E-state index contributed by atoms with van der Waals surface area (Å²) in [7, 11) is 1.81. The number of amidine groups is 1. The molecule has 0 saturated carbocycles. The molecule has 0 radical (unpaired) electrons. The molecule has 0 aromatic carbocycles. The van der Waals surface area contributed by atoms with Gasteiger partial charge in [0.15, 0.2) is 12.2 Å². The van der Waals surface area contributed by atoms with E-state index in [0.29, 0.717) is 5.84 Å². The Morgan fingerprint density at radius 1 is 1.64 bits per heavy atom. The molecule has 0 spiro atoms. The lowest BCUT2D eigenvalue weighted by atomic mass is 10.2. The summed E-state index contributed by atoms with van der Waals surface area (Å²) in [5.41, 5.74) is 5.56. The van der Waals surface area contributed by atoms with Crippen LogP contribution in [0.3, 0.4) is 0 Å². The summed E-state index contributed by atoms with van der Waals surface area (Å²) in [6.07, 6.45) is 1.37. The van der Waals surface area contributed by atoms with E-state index in [1.54, 1.807) is 5.01 Å². The summed E-state index contributed by atoms with van der Waals surface area (Å²) < 4.78 is 0. The molecule has 0 amide bonds. The van der Waals surface area contributed by atoms with Crippen molar-refractivity contribution in [3.63, 3.8) is 0 Å². The average molecular weight is 152 g/mol. The fourth-order valence-electron chi connectivity index (χ4n) is 1.09. The summed E-state index contributed by atoms with van der Waals surface area (Å²) in [6.45, 7) is 0. The first-order valence-electron chi connectivity index (χ1n) is 3.27. The molecule has 0 saturated heterocycles. The Morgan fingerprint density at radius 2 is 2.45 bits per heavy atom. The van der Waals surface area contributed by atoms with E-state index in [0.717, 1.165) is 0 Å². The highest BCUT2D eigenvalue weighted by Gasteiger charge is 2.34. The van der Waals surface area contributed by atoms with Gasteiger partial charge in [0.2, 0.25) is 0 Å². The van der Waals surface area contributed by atoms with Gasteiger partial charge in [0.05, 0.1) is 0 Å². The number of nitrogens with zero attached hydrogens (tertiary/aromatic N) is 5. The van der Waals surface area contributed by atoms with E-state index < -0.39 is 0 Å². The molecule has 0 bridgehead atoms. The molecule has 0 fully saturated rings. The molecule has 2 N–H and O–H groups in total. The normalized spacial score (nSPS) is 33.9. The van der Waals surface area contributed by atoms with E-state index in [4.69, 9.17) is 5.73 Å². The number of hydrogen-bond donors (Lipinski definition) is 1. The molecule has 0 aliphatic carbocycles. The summed E-state index contributed by atoms with van der Waals surface area (Å²) in [6, 6.07) is -0.176. The van der Waals surface area contributed by atoms with Gasteiger partial charge >= 0.3 is 0 Å². The van der Waals surface area contributed by atoms with Crippen molar-refractivity contribution in [1.29, 1.82) is 0 Å². The highest BCUT2D eigenvalue weighted by molar-refractivity contribution is 5.94. The lowest BCUT2D eigenvalue weighted by Crippen LogP contribution is -2.41. The second-order valence-corrected chi connectivity index (χ2v) is 2.46. The molecule has 0 aromatic rings. The van der Waals surface area contributed by atoms with Gasteiger partial charge in [0.1, 0.15) is 12.2 Å². The highest BCUT2D eigenvalue weighted by Crippen LogP contribution is 2.18. The monoisotopic (exact) mass is 152 g/mol. The van der Waals surface area contributed by atoms with Crippen LogP contribution in [-0.2, 0) is 0 Å². The van der Waals surface area contributed by atoms with E-state index in [1.165, 1.54) is 6.34 Å². The summed E-state index contributed by atoms with van der Waals surface area (Å²) in [5, 5.41) is 9.39. The zero-order valence-electron chi connectivity index (χ0n) is 6.05. The van der Waals surface area contributed by atoms with Crippen molar-refractivity contribution in [2.24, 2.45) is 26.1 Å². The van der Waals surface area contributed by atoms with Gasteiger partial charge in [0, 0.05) is 7.05 Å². The fraction of sp³-hybridized carbons (Fsp3) is 0.600. The second-order valence-electron chi connectivity index (χ2n) is 2.46. The highest BCUT2D eigenvalue weighted by atomic mass is 15.6. The lowest BCUT2D eigenvalue weighted by molar-refractivity contribution is 0.291. The van der Waals surface area contributed by atoms with Crippen molar-refractivity contribution in [3.05, 3.63) is 0 Å². The van der Waals surface area contributed by atoms with E-state index >= 15 is 0 Å². The van der Waals surface area contributed by atoms with Gasteiger partial charge in [-0.05, 0) is 0 Å². The van der Waals surface area contributed by atoms with E-state index in [9.17, 15) is 0 Å². The maximum Gasteiger partial charge on any atom is 0.172 e. The minimum Gasteiger partial charge on any atom is -0.385 e. The molecule has 2 heterocycles. The third-order valence-corrected chi connectivity index (χ3v) is 1.71. The number of hydrogen-bond acceptors (Lipinski definition) is 6. The van der Waals surface area contributed by atoms with Crippen LogP contribution in [0.5, 0.6) is 0 Å². The number of rotatable bonds is 0. The van der Waals surface area contributed by atoms with Crippen molar-refractivity contribution < 1.29 is 0 Å². The molecule has 0 aromatic heterocycles. The first kappa shape index (κ1) is 6.26. The standard InChI is InChI=1S/C5H8N6/c1-11-5-3(9-10-11)4(6)7-2-8-5/h2-3,5H,1H3,(H2,6,7,8). The van der Waals surface area contributed by atoms with Crippen molar-refractivity contribution in [2.45, 2.75) is 12.2 Å². The zero-order valence-corrected chi connectivity index (χ0v) is 6.05. The van der Waals surface area contributed by atoms with Crippen molar-refractivity contribution in [2.75, 3.05) is 7.05 Å². The topological polar surface area (TPSA) is 78.7 Å². The predicted octanol–water partition coefficient (Wildman–Crippen LogP) is -0.607. The van der Waals surface area contributed by atoms with Crippen LogP contribution in [0.15, 0.2) is 20.3 Å². The molecule has 6 heteroatoms. The molecule has 2 rings (SSSR count). The van der Waals surface area contributed by atoms with Crippen LogP contribution in [0, 0.1) is 0 Å². The lowest BCUT2D eigenvalue weighted by Gasteiger charge is -2.19. The van der Waals surface area contributed by atoms with Crippen molar-refractivity contribution in [1.82, 2.24) is 5.01 Å². The van der Waals surface area contributed by atoms with Gasteiger partial charge in [-0.1, -0.05) is 5.22 Å². The number of nitrogens with two attached hydrogens (primary N) is 1. The molecule has 2 aliphatic rings. The molecule has 2 aliphatic heterocycles. The largest absolute Gasteiger partial charge is 0.385 e. The van der Waals surface area contributed by atoms with Gasteiger partial charge in [-0.3, -0.25) is 5.01 Å². The summed E-state index contributed by atoms with van der Waals surface area (Å²) >= 11 is 0. The first-order chi connectivity index (χ1) is 5.29. The third kappa shape index (κ3) is 0.787. The SMILES string of the molecule is CN1N=NC2C(N)=NC=NC21. The molecule has 2 atom stereocenters. The Bertz CT molecular complexity index is 254. The number of aliphatic imine (C=N–C) groups is 2. The summed E-state index contributed by atoms with van der Waals surface area (Å²) in [5.74, 6) is 0.484. The molecule has 58 valence electrons. The molecule has 2 unspecified atom stereocenters. The Labute approximate surface area is 63.5 Å². The first-order valence-corrected chi connectivity index (χ1v) is 3.27. The minimum atomic E-state index is -0.176. The Kier molecular flexibility index (Phi) is 1.14. The Balaban J connectivity index is 2.30. The Hall–Kier alpha value is -1.46. The van der Waals surface area contributed by atoms with Crippen LogP contribution in [0.2, 0.25) is 0 Å². The van der Waals surface area contributed by atoms with Crippen LogP contribution < -0.4 is 5.73 Å². The number of fused-ring (bicyclic) bond motifs is 1. The molecule has 6 nitrogen and oxygen atoms in total. The summed E-state index contributed by atoms with van der Waals surface area (Å²) in [4.78, 5) is 7.90. The smallest absolute Gasteiger partial charge is 0.172 e. The van der Waals surface area contributed by atoms with Crippen LogP contribution in [0.1, 0.15) is 0 Å². The van der Waals surface area contributed by atoms with Crippen molar-refractivity contribution >= 4 is 12.2 Å². The predicted molar refractivity (Wildman–Crippen MR) is 40.3 cm³/mol. The van der Waals surface area contributed by atoms with Gasteiger partial charge in [-0.25, -0.2) is 9.98 Å². The molecular formula is C5H8N6. The van der Waals surface area contributed by atoms with Gasteiger partial charge in [0.25, 0.3) is 0 Å². The number of likely N-dealkylation sites (N-methyl/N-ethyl adjacent to an activating group) is 1. The van der Waals surface area contributed by atoms with E-state index in [1.807, 2.05) is 7.05 Å². The molecule has 11 heavy (non-hydrogen) atoms. The van der Waals surface area contributed by atoms with Crippen LogP contribution >= 0.6 is 0 Å². The zero-order chi connectivity index (χ0) is 7.84. The van der Waals surface area contributed by atoms with Crippen LogP contribution in [-0.4, -0.2) is 36.4 Å². The van der Waals surface area contributed by atoms with Crippen LogP contribution in [0.25, 0.3) is 0 Å². The van der Waals surface area contributed by atoms with E-state index in [2.05, 4.69) is 20.3 Å². The van der Waals surface area contributed by atoms with Gasteiger partial charge < -0.3 is 5.73 Å². The maximum atomic E-state index is 5.56. The maximum absolute atomic E-state index is 5.56. The average Bonchev–Trinajstić information content (AvgIpc) is 2.35. The fourth-order valence-corrected chi connectivity index (χ4v) is 1.09. The van der Waals surface area contributed by atoms with Crippen LogP contribution in [0.4, 0.5) is 0 Å². The third-order valence-electron chi connectivity index (χ3n) is 1.71. The van der Waals surface area contributed by atoms with Gasteiger partial charge in [-0.15, -0.1) is 0 Å². The molecular weight excluding hydrogens is 144 g/mol. The quantitative estimate of drug-likeness (QED) is 0.502. The van der Waals surface area contributed by atoms with Crippen molar-refractivity contribution in [3.8, 4) is 0 Å². The van der Waals surface area contributed by atoms with Gasteiger partial charge in [-0.2, -0.15) is 5.11 Å². The minimum absolute atomic E-state index is 0.0764. The van der Waals surface area contributed by atoms with E-state index in [-0.39, 0.29) is 12.2 Å². The second kappa shape index (κ2) is 2.01. The Morgan fingerprint density at radius 3 is 3.18 bits per heavy atom.